The van der Waals surface area contributed by atoms with Crippen LogP contribution in [0.2, 0.25) is 0 Å². The van der Waals surface area contributed by atoms with Gasteiger partial charge in [-0.05, 0) is 89.7 Å². The first-order valence-electron chi connectivity index (χ1n) is 10.8. The maximum Gasteiger partial charge on any atom is 0.0861 e. The monoisotopic (exact) mass is 348 g/mol. The quantitative estimate of drug-likeness (QED) is 0.496. The van der Waals surface area contributed by atoms with E-state index in [0.29, 0.717) is 0 Å². The highest BCUT2D eigenvalue weighted by atomic mass is 16.5. The van der Waals surface area contributed by atoms with Gasteiger partial charge in [0.05, 0.1) is 12.5 Å². The molecular formula is C22H40N2O. The van der Waals surface area contributed by atoms with E-state index < -0.39 is 0 Å². The van der Waals surface area contributed by atoms with Crippen molar-refractivity contribution in [3.63, 3.8) is 0 Å². The summed E-state index contributed by atoms with van der Waals surface area (Å²) in [4.78, 5) is 5.28. The minimum Gasteiger partial charge on any atom is -0.473 e. The van der Waals surface area contributed by atoms with Crippen LogP contribution in [-0.4, -0.2) is 48.1 Å². The third-order valence-electron chi connectivity index (χ3n) is 5.99. The number of rotatable bonds is 10. The SMILES string of the molecule is CCN1CCCCC1CCC=COC=CCCC1CCCCN1CC. The van der Waals surface area contributed by atoms with Crippen molar-refractivity contribution >= 4 is 0 Å². The molecule has 0 spiro atoms. The average molecular weight is 349 g/mol. The Kier molecular flexibility index (Phi) is 10.3. The average Bonchev–Trinajstić information content (AvgIpc) is 2.67. The first-order chi connectivity index (χ1) is 12.3. The molecule has 0 amide bonds. The Morgan fingerprint density at radius 3 is 1.68 bits per heavy atom. The van der Waals surface area contributed by atoms with Crippen LogP contribution in [0.15, 0.2) is 24.7 Å². The van der Waals surface area contributed by atoms with Gasteiger partial charge in [-0.2, -0.15) is 0 Å². The van der Waals surface area contributed by atoms with Gasteiger partial charge in [-0.3, -0.25) is 0 Å². The molecule has 0 bridgehead atoms. The van der Waals surface area contributed by atoms with E-state index in [1.807, 2.05) is 12.5 Å². The molecule has 0 aromatic rings. The van der Waals surface area contributed by atoms with Crippen molar-refractivity contribution in [2.24, 2.45) is 0 Å². The zero-order valence-corrected chi connectivity index (χ0v) is 16.7. The summed E-state index contributed by atoms with van der Waals surface area (Å²) in [6.45, 7) is 9.56. The Bertz CT molecular complexity index is 357. The Morgan fingerprint density at radius 1 is 0.760 bits per heavy atom. The minimum atomic E-state index is 0.788. The lowest BCUT2D eigenvalue weighted by Gasteiger charge is -2.34. The fourth-order valence-electron chi connectivity index (χ4n) is 4.48. The zero-order chi connectivity index (χ0) is 17.7. The summed E-state index contributed by atoms with van der Waals surface area (Å²) in [5.41, 5.74) is 0. The maximum atomic E-state index is 5.53. The molecule has 2 aliphatic rings. The van der Waals surface area contributed by atoms with Crippen molar-refractivity contribution in [1.29, 1.82) is 0 Å². The summed E-state index contributed by atoms with van der Waals surface area (Å²) in [6, 6.07) is 1.58. The van der Waals surface area contributed by atoms with E-state index in [1.54, 1.807) is 0 Å². The van der Waals surface area contributed by atoms with Crippen LogP contribution in [0.3, 0.4) is 0 Å². The molecule has 2 fully saturated rings. The van der Waals surface area contributed by atoms with E-state index >= 15 is 0 Å². The molecule has 144 valence electrons. The highest BCUT2D eigenvalue weighted by Gasteiger charge is 2.20. The summed E-state index contributed by atoms with van der Waals surface area (Å²) in [7, 11) is 0. The summed E-state index contributed by atoms with van der Waals surface area (Å²) in [5, 5.41) is 0. The lowest BCUT2D eigenvalue weighted by Crippen LogP contribution is -2.39. The van der Waals surface area contributed by atoms with Gasteiger partial charge in [-0.15, -0.1) is 0 Å². The highest BCUT2D eigenvalue weighted by molar-refractivity contribution is 4.85. The molecule has 2 atom stereocenters. The van der Waals surface area contributed by atoms with Crippen molar-refractivity contribution < 1.29 is 4.74 Å². The third-order valence-corrected chi connectivity index (χ3v) is 5.99. The lowest BCUT2D eigenvalue weighted by molar-refractivity contribution is 0.148. The van der Waals surface area contributed by atoms with Gasteiger partial charge in [-0.25, -0.2) is 0 Å². The Morgan fingerprint density at radius 2 is 1.24 bits per heavy atom. The number of nitrogens with zero attached hydrogens (tertiary/aromatic N) is 2. The van der Waals surface area contributed by atoms with Gasteiger partial charge >= 0.3 is 0 Å². The van der Waals surface area contributed by atoms with Crippen LogP contribution in [0.25, 0.3) is 0 Å². The smallest absolute Gasteiger partial charge is 0.0861 e. The van der Waals surface area contributed by atoms with Crippen molar-refractivity contribution in [3.05, 3.63) is 24.7 Å². The second kappa shape index (κ2) is 12.5. The molecule has 0 aromatic carbocycles. The van der Waals surface area contributed by atoms with Crippen molar-refractivity contribution in [1.82, 2.24) is 9.80 Å². The summed E-state index contributed by atoms with van der Waals surface area (Å²) >= 11 is 0. The molecule has 2 heterocycles. The van der Waals surface area contributed by atoms with Gasteiger partial charge in [0, 0.05) is 12.1 Å². The normalized spacial score (nSPS) is 26.6. The predicted molar refractivity (Wildman–Crippen MR) is 108 cm³/mol. The predicted octanol–water partition coefficient (Wildman–Crippen LogP) is 5.34. The van der Waals surface area contributed by atoms with E-state index in [0.717, 1.165) is 24.9 Å². The standard InChI is InChI=1S/C22H40N2O/c1-3-23-17-9-5-13-21(23)15-7-11-19-25-20-12-8-16-22-14-6-10-18-24(22)4-2/h11-12,19-22H,3-10,13-18H2,1-2H3. The second-order valence-electron chi connectivity index (χ2n) is 7.59. The number of piperidine rings is 2. The number of ether oxygens (including phenoxy) is 1. The van der Waals surface area contributed by atoms with Gasteiger partial charge in [-0.1, -0.05) is 26.7 Å². The van der Waals surface area contributed by atoms with E-state index in [2.05, 4.69) is 35.8 Å². The Hall–Kier alpha value is -0.800. The molecule has 25 heavy (non-hydrogen) atoms. The van der Waals surface area contributed by atoms with Gasteiger partial charge < -0.3 is 14.5 Å². The van der Waals surface area contributed by atoms with Crippen molar-refractivity contribution in [3.8, 4) is 0 Å². The fourth-order valence-corrected chi connectivity index (χ4v) is 4.48. The van der Waals surface area contributed by atoms with Gasteiger partial charge in [0.2, 0.25) is 0 Å². The largest absolute Gasteiger partial charge is 0.473 e. The van der Waals surface area contributed by atoms with Gasteiger partial charge in [0.25, 0.3) is 0 Å². The van der Waals surface area contributed by atoms with Crippen LogP contribution in [0.1, 0.15) is 78.1 Å². The number of hydrogen-bond donors (Lipinski definition) is 0. The van der Waals surface area contributed by atoms with Crippen LogP contribution >= 0.6 is 0 Å². The van der Waals surface area contributed by atoms with Gasteiger partial charge in [0.15, 0.2) is 0 Å². The molecule has 3 nitrogen and oxygen atoms in total. The molecule has 3 heteroatoms. The van der Waals surface area contributed by atoms with Crippen LogP contribution in [-0.2, 0) is 4.74 Å². The zero-order valence-electron chi connectivity index (χ0n) is 16.7. The summed E-state index contributed by atoms with van der Waals surface area (Å²) < 4.78 is 5.53. The topological polar surface area (TPSA) is 15.7 Å². The van der Waals surface area contributed by atoms with E-state index in [9.17, 15) is 0 Å². The van der Waals surface area contributed by atoms with E-state index in [1.165, 1.54) is 77.5 Å². The molecule has 0 radical (unpaired) electrons. The Balaban J connectivity index is 1.52. The Labute approximate surface area is 156 Å². The molecule has 2 unspecified atom stereocenters. The first kappa shape index (κ1) is 20.5. The molecule has 0 aliphatic carbocycles. The highest BCUT2D eigenvalue weighted by Crippen LogP contribution is 2.21. The second-order valence-corrected chi connectivity index (χ2v) is 7.59. The number of allylic oxidation sites excluding steroid dienone is 2. The minimum absolute atomic E-state index is 0.788. The van der Waals surface area contributed by atoms with Crippen LogP contribution in [0.5, 0.6) is 0 Å². The molecule has 2 saturated heterocycles. The third kappa shape index (κ3) is 7.53. The molecule has 2 rings (SSSR count). The van der Waals surface area contributed by atoms with Crippen LogP contribution in [0, 0.1) is 0 Å². The summed E-state index contributed by atoms with van der Waals surface area (Å²) in [6.07, 6.45) is 21.2. The molecular weight excluding hydrogens is 308 g/mol. The van der Waals surface area contributed by atoms with E-state index in [4.69, 9.17) is 4.74 Å². The maximum absolute atomic E-state index is 5.53. The van der Waals surface area contributed by atoms with Crippen LogP contribution < -0.4 is 0 Å². The molecule has 2 aliphatic heterocycles. The molecule has 0 saturated carbocycles. The van der Waals surface area contributed by atoms with Crippen molar-refractivity contribution in [2.45, 2.75) is 90.1 Å². The first-order valence-corrected chi connectivity index (χ1v) is 10.8. The molecule has 0 N–H and O–H groups in total. The lowest BCUT2D eigenvalue weighted by atomic mass is 9.98. The van der Waals surface area contributed by atoms with E-state index in [-0.39, 0.29) is 0 Å². The fraction of sp³-hybridized carbons (Fsp3) is 0.818. The number of likely N-dealkylation sites (tertiary alicyclic amines) is 2. The van der Waals surface area contributed by atoms with Crippen molar-refractivity contribution in [2.75, 3.05) is 26.2 Å². The molecule has 0 aromatic heterocycles. The van der Waals surface area contributed by atoms with Crippen LogP contribution in [0.4, 0.5) is 0 Å². The number of hydrogen-bond acceptors (Lipinski definition) is 3. The van der Waals surface area contributed by atoms with Gasteiger partial charge in [0.1, 0.15) is 0 Å². The summed E-state index contributed by atoms with van der Waals surface area (Å²) in [5.74, 6) is 0.